The van der Waals surface area contributed by atoms with Crippen LogP contribution in [0.3, 0.4) is 0 Å². The van der Waals surface area contributed by atoms with Gasteiger partial charge in [0.25, 0.3) is 0 Å². The maximum Gasteiger partial charge on any atom is 0.239 e. The molecule has 3 N–H and O–H groups in total. The number of anilines is 1. The van der Waals surface area contributed by atoms with Crippen LogP contribution in [-0.2, 0) is 20.9 Å². The normalized spacial score (nSPS) is 15.9. The van der Waals surface area contributed by atoms with Crippen molar-refractivity contribution in [3.63, 3.8) is 0 Å². The summed E-state index contributed by atoms with van der Waals surface area (Å²) < 4.78 is 0. The molecule has 0 saturated carbocycles. The van der Waals surface area contributed by atoms with Gasteiger partial charge in [0.1, 0.15) is 0 Å². The van der Waals surface area contributed by atoms with E-state index in [0.29, 0.717) is 24.4 Å². The third-order valence-electron chi connectivity index (χ3n) is 5.84. The fourth-order valence-electron chi connectivity index (χ4n) is 3.93. The molecular formula is C25H25ClN4O3. The molecule has 7 nitrogen and oxygen atoms in total. The smallest absolute Gasteiger partial charge is 0.239 e. The molecule has 4 rings (SSSR count). The quantitative estimate of drug-likeness (QED) is 0.482. The first-order valence-corrected chi connectivity index (χ1v) is 11.2. The van der Waals surface area contributed by atoms with E-state index in [1.54, 1.807) is 6.07 Å². The van der Waals surface area contributed by atoms with Gasteiger partial charge in [-0.1, -0.05) is 29.8 Å². The SMILES string of the molecule is Cc1ccc(NCC(=O)NCc2ccc3cc(C4CCC(=O)NC4=O)c(C)nc3c2)cc1Cl. The number of nitrogens with one attached hydrogen (secondary N) is 3. The molecule has 8 heteroatoms. The van der Waals surface area contributed by atoms with Crippen molar-refractivity contribution in [3.05, 3.63) is 69.9 Å². The number of imide groups is 1. The molecule has 1 atom stereocenters. The zero-order chi connectivity index (χ0) is 23.5. The second-order valence-electron chi connectivity index (χ2n) is 8.29. The van der Waals surface area contributed by atoms with E-state index in [9.17, 15) is 14.4 Å². The Balaban J connectivity index is 1.39. The lowest BCUT2D eigenvalue weighted by atomic mass is 9.89. The fraction of sp³-hybridized carbons (Fsp3) is 0.280. The van der Waals surface area contributed by atoms with Crippen LogP contribution in [0.15, 0.2) is 42.5 Å². The van der Waals surface area contributed by atoms with E-state index in [0.717, 1.165) is 39.0 Å². The Kier molecular flexibility index (Phi) is 6.60. The molecular weight excluding hydrogens is 440 g/mol. The van der Waals surface area contributed by atoms with Gasteiger partial charge in [-0.2, -0.15) is 0 Å². The summed E-state index contributed by atoms with van der Waals surface area (Å²) in [5, 5.41) is 9.94. The van der Waals surface area contributed by atoms with Crippen molar-refractivity contribution >= 4 is 45.9 Å². The Morgan fingerprint density at radius 2 is 1.97 bits per heavy atom. The van der Waals surface area contributed by atoms with Crippen LogP contribution in [0.1, 0.15) is 41.1 Å². The maximum absolute atomic E-state index is 12.3. The second kappa shape index (κ2) is 9.58. The lowest BCUT2D eigenvalue weighted by Gasteiger charge is -2.22. The topological polar surface area (TPSA) is 100 Å². The molecule has 3 aromatic rings. The van der Waals surface area contributed by atoms with E-state index in [4.69, 9.17) is 11.6 Å². The van der Waals surface area contributed by atoms with Gasteiger partial charge in [0.15, 0.2) is 0 Å². The fourth-order valence-corrected chi connectivity index (χ4v) is 4.11. The molecule has 2 aromatic carbocycles. The number of hydrogen-bond donors (Lipinski definition) is 3. The Bertz CT molecular complexity index is 1260. The van der Waals surface area contributed by atoms with Gasteiger partial charge in [-0.25, -0.2) is 0 Å². The number of fused-ring (bicyclic) bond motifs is 1. The third-order valence-corrected chi connectivity index (χ3v) is 6.25. The van der Waals surface area contributed by atoms with Gasteiger partial charge in [-0.15, -0.1) is 0 Å². The van der Waals surface area contributed by atoms with Crippen LogP contribution < -0.4 is 16.0 Å². The predicted molar refractivity (Wildman–Crippen MR) is 128 cm³/mol. The zero-order valence-electron chi connectivity index (χ0n) is 18.5. The molecule has 0 aliphatic carbocycles. The number of pyridine rings is 1. The van der Waals surface area contributed by atoms with Crippen LogP contribution in [0.2, 0.25) is 5.02 Å². The third kappa shape index (κ3) is 5.31. The van der Waals surface area contributed by atoms with Crippen LogP contribution in [0, 0.1) is 13.8 Å². The van der Waals surface area contributed by atoms with Gasteiger partial charge in [0, 0.05) is 34.8 Å². The molecule has 2 heterocycles. The Hall–Kier alpha value is -3.45. The summed E-state index contributed by atoms with van der Waals surface area (Å²) in [6, 6.07) is 13.4. The summed E-state index contributed by atoms with van der Waals surface area (Å²) in [7, 11) is 0. The number of nitrogens with zero attached hydrogens (tertiary/aromatic N) is 1. The van der Waals surface area contributed by atoms with Crippen molar-refractivity contribution in [2.45, 2.75) is 39.2 Å². The average Bonchev–Trinajstić information content (AvgIpc) is 2.78. The molecule has 170 valence electrons. The number of aryl methyl sites for hydroxylation is 2. The van der Waals surface area contributed by atoms with E-state index in [-0.39, 0.29) is 30.2 Å². The van der Waals surface area contributed by atoms with Crippen LogP contribution in [0.5, 0.6) is 0 Å². The van der Waals surface area contributed by atoms with Gasteiger partial charge in [0.05, 0.1) is 18.0 Å². The monoisotopic (exact) mass is 464 g/mol. The first-order valence-electron chi connectivity index (χ1n) is 10.8. The standard InChI is InChI=1S/C25H25ClN4O3/c1-14-3-6-18(11-21(14)26)27-13-24(32)28-12-16-4-5-17-10-20(15(2)29-22(17)9-16)19-7-8-23(31)30-25(19)33/h3-6,9-11,19,27H,7-8,12-13H2,1-2H3,(H,28,32)(H,30,31,33). The molecule has 33 heavy (non-hydrogen) atoms. The Morgan fingerprint density at radius 3 is 2.73 bits per heavy atom. The predicted octanol–water partition coefficient (Wildman–Crippen LogP) is 3.75. The summed E-state index contributed by atoms with van der Waals surface area (Å²) in [5.74, 6) is -0.998. The Labute approximate surface area is 196 Å². The van der Waals surface area contributed by atoms with Crippen molar-refractivity contribution in [1.29, 1.82) is 0 Å². The number of aromatic nitrogens is 1. The van der Waals surface area contributed by atoms with Gasteiger partial charge in [-0.05, 0) is 61.2 Å². The molecule has 1 unspecified atom stereocenters. The van der Waals surface area contributed by atoms with Crippen LogP contribution >= 0.6 is 11.6 Å². The van der Waals surface area contributed by atoms with Crippen molar-refractivity contribution in [2.24, 2.45) is 0 Å². The molecule has 1 saturated heterocycles. The summed E-state index contributed by atoms with van der Waals surface area (Å²) in [5.41, 5.74) is 5.10. The number of benzene rings is 2. The van der Waals surface area contributed by atoms with Gasteiger partial charge < -0.3 is 10.6 Å². The first-order chi connectivity index (χ1) is 15.8. The largest absolute Gasteiger partial charge is 0.376 e. The van der Waals surface area contributed by atoms with Crippen molar-refractivity contribution in [2.75, 3.05) is 11.9 Å². The van der Waals surface area contributed by atoms with Crippen molar-refractivity contribution < 1.29 is 14.4 Å². The number of hydrogen-bond acceptors (Lipinski definition) is 5. The number of piperidine rings is 1. The summed E-state index contributed by atoms with van der Waals surface area (Å²) in [6.45, 7) is 4.31. The zero-order valence-corrected chi connectivity index (χ0v) is 19.3. The van der Waals surface area contributed by atoms with Gasteiger partial charge in [-0.3, -0.25) is 24.7 Å². The number of carbonyl (C=O) groups is 3. The average molecular weight is 465 g/mol. The van der Waals surface area contributed by atoms with Gasteiger partial charge >= 0.3 is 0 Å². The number of amides is 3. The highest BCUT2D eigenvalue weighted by Crippen LogP contribution is 2.29. The molecule has 3 amide bonds. The highest BCUT2D eigenvalue weighted by Gasteiger charge is 2.29. The van der Waals surface area contributed by atoms with Crippen LogP contribution in [-0.4, -0.2) is 29.3 Å². The highest BCUT2D eigenvalue weighted by atomic mass is 35.5. The highest BCUT2D eigenvalue weighted by molar-refractivity contribution is 6.31. The molecule has 0 bridgehead atoms. The van der Waals surface area contributed by atoms with Crippen LogP contribution in [0.25, 0.3) is 10.9 Å². The molecule has 1 fully saturated rings. The Morgan fingerprint density at radius 1 is 1.15 bits per heavy atom. The van der Waals surface area contributed by atoms with E-state index >= 15 is 0 Å². The lowest BCUT2D eigenvalue weighted by molar-refractivity contribution is -0.134. The maximum atomic E-state index is 12.3. The molecule has 0 spiro atoms. The minimum absolute atomic E-state index is 0.135. The van der Waals surface area contributed by atoms with Crippen molar-refractivity contribution in [1.82, 2.24) is 15.6 Å². The van der Waals surface area contributed by atoms with Crippen LogP contribution in [0.4, 0.5) is 5.69 Å². The first kappa shape index (κ1) is 22.7. The minimum Gasteiger partial charge on any atom is -0.376 e. The molecule has 1 aliphatic rings. The lowest BCUT2D eigenvalue weighted by Crippen LogP contribution is -2.39. The van der Waals surface area contributed by atoms with E-state index in [1.807, 2.05) is 50.2 Å². The van der Waals surface area contributed by atoms with E-state index < -0.39 is 0 Å². The minimum atomic E-state index is -0.366. The number of rotatable bonds is 6. The molecule has 1 aromatic heterocycles. The summed E-state index contributed by atoms with van der Waals surface area (Å²) in [4.78, 5) is 40.6. The molecule has 1 aliphatic heterocycles. The molecule has 0 radical (unpaired) electrons. The van der Waals surface area contributed by atoms with Crippen molar-refractivity contribution in [3.8, 4) is 0 Å². The van der Waals surface area contributed by atoms with E-state index in [1.165, 1.54) is 0 Å². The van der Waals surface area contributed by atoms with Gasteiger partial charge in [0.2, 0.25) is 17.7 Å². The number of carbonyl (C=O) groups excluding carboxylic acids is 3. The summed E-state index contributed by atoms with van der Waals surface area (Å²) in [6.07, 6.45) is 0.823. The second-order valence-corrected chi connectivity index (χ2v) is 8.70. The van der Waals surface area contributed by atoms with E-state index in [2.05, 4.69) is 20.9 Å². The number of halogens is 1. The summed E-state index contributed by atoms with van der Waals surface area (Å²) >= 11 is 6.12.